The number of rotatable bonds is 8. The van der Waals surface area contributed by atoms with Crippen molar-refractivity contribution in [3.05, 3.63) is 71.0 Å². The van der Waals surface area contributed by atoms with Crippen LogP contribution in [-0.2, 0) is 15.6 Å². The van der Waals surface area contributed by atoms with Crippen LogP contribution in [-0.4, -0.2) is 30.6 Å². The van der Waals surface area contributed by atoms with Crippen molar-refractivity contribution in [3.8, 4) is 5.75 Å². The van der Waals surface area contributed by atoms with Gasteiger partial charge in [-0.25, -0.2) is 13.4 Å². The number of alkyl halides is 3. The van der Waals surface area contributed by atoms with Gasteiger partial charge in [0.15, 0.2) is 9.84 Å². The van der Waals surface area contributed by atoms with Gasteiger partial charge in [-0.15, -0.1) is 0 Å². The Morgan fingerprint density at radius 1 is 1.18 bits per heavy atom. The Labute approximate surface area is 193 Å². The number of nitrogens with one attached hydrogen (secondary N) is 1. The third kappa shape index (κ3) is 6.10. The first-order valence-electron chi connectivity index (χ1n) is 10.3. The lowest BCUT2D eigenvalue weighted by Crippen LogP contribution is -2.31. The molecule has 0 radical (unpaired) electrons. The summed E-state index contributed by atoms with van der Waals surface area (Å²) in [7, 11) is -3.64. The molecule has 1 aliphatic heterocycles. The first kappa shape index (κ1) is 23.7. The van der Waals surface area contributed by atoms with Crippen molar-refractivity contribution in [2.75, 3.05) is 6.61 Å². The van der Waals surface area contributed by atoms with E-state index in [2.05, 4.69) is 14.7 Å². The number of hydrogen-bond donors (Lipinski definition) is 1. The summed E-state index contributed by atoms with van der Waals surface area (Å²) in [4.78, 5) is 4.03. The van der Waals surface area contributed by atoms with Gasteiger partial charge < -0.3 is 10.1 Å². The third-order valence-corrected chi connectivity index (χ3v) is 7.89. The number of sulfone groups is 1. The fourth-order valence-corrected chi connectivity index (χ4v) is 5.94. The van der Waals surface area contributed by atoms with Gasteiger partial charge in [0.2, 0.25) is 0 Å². The standard InChI is InChI=1S/C22H22F3N3O3S2/c23-22(24,25)10-8-18(15-4-2-1-3-5-15)28-19-9-11-31-20-12-16(6-7-17(19)20)33(29,30)13-21-26-14-27-32-21/h1-7,12,14,18-19,28H,8-11,13H2/t18?,19-/m0/s1. The summed E-state index contributed by atoms with van der Waals surface area (Å²) in [6.45, 7) is 0.325. The minimum atomic E-state index is -4.25. The molecule has 0 spiro atoms. The molecule has 3 aromatic rings. The zero-order valence-corrected chi connectivity index (χ0v) is 19.1. The van der Waals surface area contributed by atoms with Gasteiger partial charge in [-0.2, -0.15) is 17.5 Å². The molecule has 2 aromatic carbocycles. The SMILES string of the molecule is O=S(=O)(Cc1ncns1)c1ccc2c(c1)OCC[C@@H]2NC(CCC(F)(F)F)c1ccccc1. The second kappa shape index (κ2) is 9.78. The molecule has 1 aromatic heterocycles. The Morgan fingerprint density at radius 2 is 1.97 bits per heavy atom. The lowest BCUT2D eigenvalue weighted by molar-refractivity contribution is -0.136. The van der Waals surface area contributed by atoms with Crippen molar-refractivity contribution in [3.63, 3.8) is 0 Å². The van der Waals surface area contributed by atoms with Crippen LogP contribution < -0.4 is 10.1 Å². The van der Waals surface area contributed by atoms with E-state index in [0.29, 0.717) is 23.8 Å². The number of aromatic nitrogens is 2. The molecule has 1 unspecified atom stereocenters. The molecule has 4 rings (SSSR count). The van der Waals surface area contributed by atoms with E-state index in [0.717, 1.165) is 22.7 Å². The van der Waals surface area contributed by atoms with Crippen molar-refractivity contribution in [2.45, 2.75) is 48.2 Å². The minimum absolute atomic E-state index is 0.103. The molecule has 0 fully saturated rings. The quantitative estimate of drug-likeness (QED) is 0.471. The van der Waals surface area contributed by atoms with Gasteiger partial charge in [-0.1, -0.05) is 36.4 Å². The number of halogens is 3. The second-order valence-corrected chi connectivity index (χ2v) is 10.6. The molecule has 0 bridgehead atoms. The maximum absolute atomic E-state index is 12.9. The molecule has 6 nitrogen and oxygen atoms in total. The molecule has 11 heteroatoms. The van der Waals surface area contributed by atoms with Crippen molar-refractivity contribution in [1.82, 2.24) is 14.7 Å². The van der Waals surface area contributed by atoms with Gasteiger partial charge in [-0.3, -0.25) is 0 Å². The molecule has 2 atom stereocenters. The third-order valence-electron chi connectivity index (χ3n) is 5.42. The first-order valence-corrected chi connectivity index (χ1v) is 12.8. The highest BCUT2D eigenvalue weighted by molar-refractivity contribution is 7.90. The van der Waals surface area contributed by atoms with E-state index < -0.39 is 28.5 Å². The van der Waals surface area contributed by atoms with Crippen molar-refractivity contribution >= 4 is 21.4 Å². The molecular weight excluding hydrogens is 475 g/mol. The van der Waals surface area contributed by atoms with Crippen LogP contribution in [0, 0.1) is 0 Å². The van der Waals surface area contributed by atoms with Crippen LogP contribution in [0.5, 0.6) is 5.75 Å². The van der Waals surface area contributed by atoms with Gasteiger partial charge in [0.1, 0.15) is 22.8 Å². The molecule has 1 N–H and O–H groups in total. The molecule has 0 amide bonds. The van der Waals surface area contributed by atoms with Gasteiger partial charge in [0, 0.05) is 30.5 Å². The first-order chi connectivity index (χ1) is 15.7. The van der Waals surface area contributed by atoms with Crippen LogP contribution in [0.15, 0.2) is 59.8 Å². The second-order valence-electron chi connectivity index (χ2n) is 7.77. The molecule has 0 aliphatic carbocycles. The van der Waals surface area contributed by atoms with Crippen LogP contribution >= 0.6 is 11.5 Å². The van der Waals surface area contributed by atoms with Crippen LogP contribution in [0.25, 0.3) is 0 Å². The maximum atomic E-state index is 12.9. The summed E-state index contributed by atoms with van der Waals surface area (Å²) in [5.41, 5.74) is 1.50. The van der Waals surface area contributed by atoms with Crippen molar-refractivity contribution in [2.24, 2.45) is 0 Å². The van der Waals surface area contributed by atoms with E-state index in [1.807, 2.05) is 6.07 Å². The van der Waals surface area contributed by atoms with Crippen LogP contribution in [0.3, 0.4) is 0 Å². The summed E-state index contributed by atoms with van der Waals surface area (Å²) in [5, 5.41) is 3.74. The topological polar surface area (TPSA) is 81.2 Å². The van der Waals surface area contributed by atoms with Gasteiger partial charge in [0.25, 0.3) is 0 Å². The minimum Gasteiger partial charge on any atom is -0.493 e. The zero-order chi connectivity index (χ0) is 23.5. The van der Waals surface area contributed by atoms with Crippen molar-refractivity contribution < 1.29 is 26.3 Å². The monoisotopic (exact) mass is 497 g/mol. The van der Waals surface area contributed by atoms with E-state index in [1.165, 1.54) is 18.5 Å². The fraction of sp³-hybridized carbons (Fsp3) is 0.364. The Bertz CT molecular complexity index is 1170. The summed E-state index contributed by atoms with van der Waals surface area (Å²) >= 11 is 1.02. The zero-order valence-electron chi connectivity index (χ0n) is 17.5. The number of benzene rings is 2. The lowest BCUT2D eigenvalue weighted by atomic mass is 9.96. The largest absolute Gasteiger partial charge is 0.493 e. The Hall–Kier alpha value is -2.50. The Kier molecular flexibility index (Phi) is 7.01. The number of hydrogen-bond acceptors (Lipinski definition) is 7. The normalized spacial score (nSPS) is 17.2. The summed E-state index contributed by atoms with van der Waals surface area (Å²) < 4.78 is 73.9. The predicted molar refractivity (Wildman–Crippen MR) is 118 cm³/mol. The van der Waals surface area contributed by atoms with E-state index in [1.54, 1.807) is 30.3 Å². The molecule has 2 heterocycles. The number of ether oxygens (including phenoxy) is 1. The van der Waals surface area contributed by atoms with E-state index in [4.69, 9.17) is 4.74 Å². The highest BCUT2D eigenvalue weighted by atomic mass is 32.2. The lowest BCUT2D eigenvalue weighted by Gasteiger charge is -2.31. The highest BCUT2D eigenvalue weighted by Gasteiger charge is 2.31. The predicted octanol–water partition coefficient (Wildman–Crippen LogP) is 5.01. The fourth-order valence-electron chi connectivity index (χ4n) is 3.82. The van der Waals surface area contributed by atoms with Crippen molar-refractivity contribution in [1.29, 1.82) is 0 Å². The average molecular weight is 498 g/mol. The smallest absolute Gasteiger partial charge is 0.389 e. The van der Waals surface area contributed by atoms with Crippen LogP contribution in [0.2, 0.25) is 0 Å². The highest BCUT2D eigenvalue weighted by Crippen LogP contribution is 2.37. The molecule has 33 heavy (non-hydrogen) atoms. The molecule has 0 saturated carbocycles. The van der Waals surface area contributed by atoms with Gasteiger partial charge in [-0.05, 0) is 35.6 Å². The summed E-state index contributed by atoms with van der Waals surface area (Å²) in [6, 6.07) is 12.9. The summed E-state index contributed by atoms with van der Waals surface area (Å²) in [6.07, 6.45) is -3.39. The molecule has 176 valence electrons. The van der Waals surface area contributed by atoms with E-state index in [9.17, 15) is 21.6 Å². The molecule has 1 aliphatic rings. The Morgan fingerprint density at radius 3 is 2.67 bits per heavy atom. The van der Waals surface area contributed by atoms with E-state index in [-0.39, 0.29) is 23.1 Å². The summed E-state index contributed by atoms with van der Waals surface area (Å²) in [5.74, 6) is 0.158. The van der Waals surface area contributed by atoms with Crippen LogP contribution in [0.1, 0.15) is 47.5 Å². The van der Waals surface area contributed by atoms with Gasteiger partial charge in [0.05, 0.1) is 11.5 Å². The average Bonchev–Trinajstić information content (AvgIpc) is 3.28. The number of nitrogens with zero attached hydrogens (tertiary/aromatic N) is 2. The molecule has 0 saturated heterocycles. The molecular formula is C22H22F3N3O3S2. The Balaban J connectivity index is 1.56. The van der Waals surface area contributed by atoms with Gasteiger partial charge >= 0.3 is 6.18 Å². The van der Waals surface area contributed by atoms with Crippen LogP contribution in [0.4, 0.5) is 13.2 Å². The maximum Gasteiger partial charge on any atom is 0.389 e. The van der Waals surface area contributed by atoms with E-state index >= 15 is 0 Å². The number of fused-ring (bicyclic) bond motifs is 1.